The van der Waals surface area contributed by atoms with Gasteiger partial charge in [-0.2, -0.15) is 0 Å². The number of carboxylic acid groups (broad SMARTS) is 1. The van der Waals surface area contributed by atoms with Crippen LogP contribution in [0.15, 0.2) is 0 Å². The molecule has 1 heterocycles. The number of nitrogens with zero attached hydrogens (tertiary/aromatic N) is 1. The number of aliphatic carboxylic acids is 1. The molecule has 2 N–H and O–H groups in total. The normalized spacial score (nSPS) is 22.9. The van der Waals surface area contributed by atoms with Crippen molar-refractivity contribution in [2.24, 2.45) is 5.92 Å². The standard InChI is InChI=1S/C10H18N2O3/c1-7(2)3-8-4-12(6-10(14)15)5-9(13)11-8/h7-8H,3-6H2,1-2H3,(H,11,13)(H,14,15)/t8-/m1/s1. The minimum atomic E-state index is -0.881. The molecule has 5 nitrogen and oxygen atoms in total. The molecule has 0 aromatic rings. The highest BCUT2D eigenvalue weighted by atomic mass is 16.4. The van der Waals surface area contributed by atoms with Crippen molar-refractivity contribution < 1.29 is 14.7 Å². The van der Waals surface area contributed by atoms with Crippen LogP contribution in [0.25, 0.3) is 0 Å². The van der Waals surface area contributed by atoms with Crippen molar-refractivity contribution in [3.05, 3.63) is 0 Å². The van der Waals surface area contributed by atoms with E-state index < -0.39 is 5.97 Å². The van der Waals surface area contributed by atoms with E-state index in [2.05, 4.69) is 19.2 Å². The molecule has 0 radical (unpaired) electrons. The van der Waals surface area contributed by atoms with Gasteiger partial charge in [-0.1, -0.05) is 13.8 Å². The first-order valence-electron chi connectivity index (χ1n) is 5.21. The molecule has 86 valence electrons. The van der Waals surface area contributed by atoms with Gasteiger partial charge in [-0.15, -0.1) is 0 Å². The lowest BCUT2D eigenvalue weighted by Gasteiger charge is -2.32. The second-order valence-corrected chi connectivity index (χ2v) is 4.46. The minimum Gasteiger partial charge on any atom is -0.480 e. The highest BCUT2D eigenvalue weighted by Gasteiger charge is 2.25. The fourth-order valence-corrected chi connectivity index (χ4v) is 1.91. The zero-order chi connectivity index (χ0) is 11.4. The Balaban J connectivity index is 2.48. The van der Waals surface area contributed by atoms with Crippen LogP contribution in [0.2, 0.25) is 0 Å². The van der Waals surface area contributed by atoms with Gasteiger partial charge in [0, 0.05) is 12.6 Å². The molecule has 15 heavy (non-hydrogen) atoms. The van der Waals surface area contributed by atoms with E-state index in [1.165, 1.54) is 0 Å². The number of hydrogen-bond acceptors (Lipinski definition) is 3. The van der Waals surface area contributed by atoms with Gasteiger partial charge in [-0.05, 0) is 12.3 Å². The molecule has 1 atom stereocenters. The Labute approximate surface area is 89.4 Å². The quantitative estimate of drug-likeness (QED) is 0.686. The summed E-state index contributed by atoms with van der Waals surface area (Å²) in [6.45, 7) is 4.95. The predicted molar refractivity (Wildman–Crippen MR) is 55.5 cm³/mol. The Morgan fingerprint density at radius 2 is 2.33 bits per heavy atom. The van der Waals surface area contributed by atoms with Crippen molar-refractivity contribution in [2.45, 2.75) is 26.3 Å². The van der Waals surface area contributed by atoms with Crippen LogP contribution in [0.3, 0.4) is 0 Å². The third-order valence-electron chi connectivity index (χ3n) is 2.33. The summed E-state index contributed by atoms with van der Waals surface area (Å²) >= 11 is 0. The summed E-state index contributed by atoms with van der Waals surface area (Å²) in [5.41, 5.74) is 0. The van der Waals surface area contributed by atoms with Gasteiger partial charge < -0.3 is 10.4 Å². The number of carboxylic acids is 1. The average Bonchev–Trinajstić information content (AvgIpc) is 1.98. The van der Waals surface area contributed by atoms with Crippen molar-refractivity contribution in [3.8, 4) is 0 Å². The fourth-order valence-electron chi connectivity index (χ4n) is 1.91. The van der Waals surface area contributed by atoms with E-state index in [1.807, 2.05) is 0 Å². The molecule has 0 aliphatic carbocycles. The van der Waals surface area contributed by atoms with Crippen LogP contribution in [0.4, 0.5) is 0 Å². The lowest BCUT2D eigenvalue weighted by atomic mass is 10.0. The maximum absolute atomic E-state index is 11.3. The lowest BCUT2D eigenvalue weighted by molar-refractivity contribution is -0.139. The van der Waals surface area contributed by atoms with Crippen LogP contribution >= 0.6 is 0 Å². The molecule has 1 rings (SSSR count). The van der Waals surface area contributed by atoms with Gasteiger partial charge in [0.15, 0.2) is 0 Å². The second kappa shape index (κ2) is 5.11. The zero-order valence-electron chi connectivity index (χ0n) is 9.19. The Morgan fingerprint density at radius 1 is 1.67 bits per heavy atom. The second-order valence-electron chi connectivity index (χ2n) is 4.46. The van der Waals surface area contributed by atoms with E-state index in [1.54, 1.807) is 4.90 Å². The van der Waals surface area contributed by atoms with Gasteiger partial charge in [0.25, 0.3) is 0 Å². The molecular formula is C10H18N2O3. The van der Waals surface area contributed by atoms with Gasteiger partial charge in [-0.25, -0.2) is 0 Å². The monoisotopic (exact) mass is 214 g/mol. The maximum Gasteiger partial charge on any atom is 0.317 e. The third kappa shape index (κ3) is 4.29. The van der Waals surface area contributed by atoms with Gasteiger partial charge in [0.05, 0.1) is 13.1 Å². The molecule has 1 saturated heterocycles. The van der Waals surface area contributed by atoms with E-state index in [0.29, 0.717) is 12.5 Å². The topological polar surface area (TPSA) is 69.6 Å². The Morgan fingerprint density at radius 3 is 2.87 bits per heavy atom. The average molecular weight is 214 g/mol. The number of carbonyl (C=O) groups excluding carboxylic acids is 1. The molecule has 0 spiro atoms. The summed E-state index contributed by atoms with van der Waals surface area (Å²) in [6.07, 6.45) is 0.891. The molecule has 0 aromatic heterocycles. The predicted octanol–water partition coefficient (Wildman–Crippen LogP) is -0.0825. The fraction of sp³-hybridized carbons (Fsp3) is 0.800. The van der Waals surface area contributed by atoms with Crippen LogP contribution in [0, 0.1) is 5.92 Å². The van der Waals surface area contributed by atoms with Gasteiger partial charge in [0.2, 0.25) is 5.91 Å². The number of amides is 1. The van der Waals surface area contributed by atoms with E-state index in [9.17, 15) is 9.59 Å². The first kappa shape index (κ1) is 12.0. The number of carbonyl (C=O) groups is 2. The highest BCUT2D eigenvalue weighted by Crippen LogP contribution is 2.09. The molecule has 1 fully saturated rings. The summed E-state index contributed by atoms with van der Waals surface area (Å²) in [6, 6.07) is 0.0885. The molecule has 0 aromatic carbocycles. The Bertz CT molecular complexity index is 251. The summed E-state index contributed by atoms with van der Waals surface area (Å²) < 4.78 is 0. The number of hydrogen-bond donors (Lipinski definition) is 2. The van der Waals surface area contributed by atoms with Crippen LogP contribution < -0.4 is 5.32 Å². The van der Waals surface area contributed by atoms with Crippen molar-refractivity contribution >= 4 is 11.9 Å². The molecule has 0 saturated carbocycles. The molecule has 1 aliphatic rings. The highest BCUT2D eigenvalue weighted by molar-refractivity contribution is 5.80. The first-order valence-corrected chi connectivity index (χ1v) is 5.21. The molecule has 1 amide bonds. The van der Waals surface area contributed by atoms with Crippen LogP contribution in [0.5, 0.6) is 0 Å². The van der Waals surface area contributed by atoms with Gasteiger partial charge in [0.1, 0.15) is 0 Å². The van der Waals surface area contributed by atoms with Crippen molar-refractivity contribution in [2.75, 3.05) is 19.6 Å². The smallest absolute Gasteiger partial charge is 0.317 e. The van der Waals surface area contributed by atoms with Crippen molar-refractivity contribution in [3.63, 3.8) is 0 Å². The molecular weight excluding hydrogens is 196 g/mol. The SMILES string of the molecule is CC(C)C[C@@H]1CN(CC(=O)O)CC(=O)N1. The van der Waals surface area contributed by atoms with Crippen LogP contribution in [-0.2, 0) is 9.59 Å². The zero-order valence-corrected chi connectivity index (χ0v) is 9.19. The number of piperazine rings is 1. The third-order valence-corrected chi connectivity index (χ3v) is 2.33. The Hall–Kier alpha value is -1.10. The number of nitrogens with one attached hydrogen (secondary N) is 1. The van der Waals surface area contributed by atoms with Gasteiger partial charge in [-0.3, -0.25) is 14.5 Å². The maximum atomic E-state index is 11.3. The van der Waals surface area contributed by atoms with E-state index in [-0.39, 0.29) is 25.0 Å². The van der Waals surface area contributed by atoms with Crippen LogP contribution in [-0.4, -0.2) is 47.6 Å². The van der Waals surface area contributed by atoms with E-state index >= 15 is 0 Å². The summed E-state index contributed by atoms with van der Waals surface area (Å²) in [5, 5.41) is 11.5. The molecule has 0 unspecified atom stereocenters. The molecule has 1 aliphatic heterocycles. The van der Waals surface area contributed by atoms with Gasteiger partial charge >= 0.3 is 5.97 Å². The Kier molecular flexibility index (Phi) is 4.08. The summed E-state index contributed by atoms with van der Waals surface area (Å²) in [5.74, 6) is -0.457. The number of rotatable bonds is 4. The largest absolute Gasteiger partial charge is 0.480 e. The molecule has 0 bridgehead atoms. The summed E-state index contributed by atoms with van der Waals surface area (Å²) in [4.78, 5) is 23.5. The first-order chi connectivity index (χ1) is 6.97. The summed E-state index contributed by atoms with van der Waals surface area (Å²) in [7, 11) is 0. The minimum absolute atomic E-state index is 0.0536. The van der Waals surface area contributed by atoms with Crippen molar-refractivity contribution in [1.29, 1.82) is 0 Å². The molecule has 5 heteroatoms. The van der Waals surface area contributed by atoms with Crippen molar-refractivity contribution in [1.82, 2.24) is 10.2 Å². The van der Waals surface area contributed by atoms with E-state index in [4.69, 9.17) is 5.11 Å². The lowest BCUT2D eigenvalue weighted by Crippen LogP contribution is -2.55. The van der Waals surface area contributed by atoms with E-state index in [0.717, 1.165) is 6.42 Å². The van der Waals surface area contributed by atoms with Crippen LogP contribution in [0.1, 0.15) is 20.3 Å².